The van der Waals surface area contributed by atoms with Crippen molar-refractivity contribution in [3.05, 3.63) is 76.8 Å². The number of hydrogen-bond acceptors (Lipinski definition) is 4. The van der Waals surface area contributed by atoms with Crippen LogP contribution in [0, 0.1) is 0 Å². The molecule has 0 radical (unpaired) electrons. The van der Waals surface area contributed by atoms with Gasteiger partial charge in [-0.05, 0) is 44.4 Å². The second kappa shape index (κ2) is 9.84. The van der Waals surface area contributed by atoms with Gasteiger partial charge in [0.15, 0.2) is 6.61 Å². The molecule has 0 aromatic heterocycles. The van der Waals surface area contributed by atoms with Crippen molar-refractivity contribution in [2.45, 2.75) is 6.42 Å². The zero-order chi connectivity index (χ0) is 20.6. The highest BCUT2D eigenvalue weighted by molar-refractivity contribution is 9.10. The van der Waals surface area contributed by atoms with E-state index in [0.29, 0.717) is 5.69 Å². The molecule has 0 atom stereocenters. The van der Waals surface area contributed by atoms with Crippen LogP contribution < -0.4 is 10.6 Å². The molecule has 3 aromatic carbocycles. The Morgan fingerprint density at radius 2 is 1.59 bits per heavy atom. The molecular weight excluding hydrogens is 436 g/mol. The molecule has 0 spiro atoms. The van der Waals surface area contributed by atoms with Crippen LogP contribution in [0.4, 0.5) is 5.69 Å². The Balaban J connectivity index is 1.40. The number of carbonyl (C=O) groups is 3. The Hall–Kier alpha value is -3.19. The van der Waals surface area contributed by atoms with Gasteiger partial charge in [-0.15, -0.1) is 0 Å². The number of anilines is 1. The van der Waals surface area contributed by atoms with E-state index in [2.05, 4.69) is 26.6 Å². The summed E-state index contributed by atoms with van der Waals surface area (Å²) in [5, 5.41) is 7.21. The van der Waals surface area contributed by atoms with E-state index in [1.165, 1.54) is 0 Å². The van der Waals surface area contributed by atoms with Crippen molar-refractivity contribution >= 4 is 50.2 Å². The zero-order valence-corrected chi connectivity index (χ0v) is 17.1. The number of rotatable bonds is 7. The standard InChI is InChI=1S/C22H19BrN2O4/c23-18-7-3-4-8-19(18)25-20(26)13-24-21(27)14-29-22(28)12-15-9-10-16-5-1-2-6-17(16)11-15/h1-11H,12-14H2,(H,24,27)(H,25,26). The van der Waals surface area contributed by atoms with Crippen molar-refractivity contribution in [2.24, 2.45) is 0 Å². The van der Waals surface area contributed by atoms with Crippen molar-refractivity contribution < 1.29 is 19.1 Å². The van der Waals surface area contributed by atoms with E-state index in [-0.39, 0.29) is 18.9 Å². The summed E-state index contributed by atoms with van der Waals surface area (Å²) in [7, 11) is 0. The number of para-hydroxylation sites is 1. The number of ether oxygens (including phenoxy) is 1. The van der Waals surface area contributed by atoms with Crippen LogP contribution in [0.15, 0.2) is 71.2 Å². The summed E-state index contributed by atoms with van der Waals surface area (Å²) in [5.74, 6) is -1.43. The number of benzene rings is 3. The van der Waals surface area contributed by atoms with E-state index in [9.17, 15) is 14.4 Å². The van der Waals surface area contributed by atoms with Crippen LogP contribution in [0.3, 0.4) is 0 Å². The van der Waals surface area contributed by atoms with Gasteiger partial charge in [0, 0.05) is 4.47 Å². The third kappa shape index (κ3) is 6.15. The maximum Gasteiger partial charge on any atom is 0.310 e. The van der Waals surface area contributed by atoms with Crippen LogP contribution in [0.5, 0.6) is 0 Å². The number of carbonyl (C=O) groups excluding carboxylic acids is 3. The van der Waals surface area contributed by atoms with Gasteiger partial charge in [0.05, 0.1) is 18.7 Å². The second-order valence-electron chi connectivity index (χ2n) is 6.32. The van der Waals surface area contributed by atoms with Crippen molar-refractivity contribution in [3.8, 4) is 0 Å². The molecule has 2 N–H and O–H groups in total. The Labute approximate surface area is 176 Å². The normalized spacial score (nSPS) is 10.4. The highest BCUT2D eigenvalue weighted by atomic mass is 79.9. The third-order valence-electron chi connectivity index (χ3n) is 4.12. The fourth-order valence-corrected chi connectivity index (χ4v) is 3.08. The van der Waals surface area contributed by atoms with Crippen molar-refractivity contribution in [2.75, 3.05) is 18.5 Å². The fourth-order valence-electron chi connectivity index (χ4n) is 2.70. The van der Waals surface area contributed by atoms with Crippen LogP contribution in [0.25, 0.3) is 10.8 Å². The monoisotopic (exact) mass is 454 g/mol. The van der Waals surface area contributed by atoms with Gasteiger partial charge in [-0.1, -0.05) is 54.6 Å². The molecule has 148 valence electrons. The van der Waals surface area contributed by atoms with E-state index in [1.807, 2.05) is 48.5 Å². The van der Waals surface area contributed by atoms with E-state index in [0.717, 1.165) is 20.8 Å². The molecule has 2 amide bonds. The van der Waals surface area contributed by atoms with Gasteiger partial charge in [-0.25, -0.2) is 0 Å². The largest absolute Gasteiger partial charge is 0.455 e. The summed E-state index contributed by atoms with van der Waals surface area (Å²) in [6.45, 7) is -0.656. The number of amides is 2. The van der Waals surface area contributed by atoms with Crippen LogP contribution in [0.1, 0.15) is 5.56 Å². The average molecular weight is 455 g/mol. The fraction of sp³-hybridized carbons (Fsp3) is 0.136. The van der Waals surface area contributed by atoms with Gasteiger partial charge in [0.2, 0.25) is 5.91 Å². The Bertz CT molecular complexity index is 1050. The molecule has 6 nitrogen and oxygen atoms in total. The average Bonchev–Trinajstić information content (AvgIpc) is 2.72. The van der Waals surface area contributed by atoms with Gasteiger partial charge in [-0.3, -0.25) is 14.4 Å². The number of esters is 1. The van der Waals surface area contributed by atoms with Crippen molar-refractivity contribution in [1.82, 2.24) is 5.32 Å². The van der Waals surface area contributed by atoms with Crippen molar-refractivity contribution in [3.63, 3.8) is 0 Å². The van der Waals surface area contributed by atoms with Gasteiger partial charge >= 0.3 is 5.97 Å². The van der Waals surface area contributed by atoms with E-state index >= 15 is 0 Å². The quantitative estimate of drug-likeness (QED) is 0.535. The van der Waals surface area contributed by atoms with Crippen LogP contribution in [-0.4, -0.2) is 30.9 Å². The lowest BCUT2D eigenvalue weighted by Crippen LogP contribution is -2.35. The summed E-state index contributed by atoms with van der Waals surface area (Å²) >= 11 is 3.33. The van der Waals surface area contributed by atoms with Crippen LogP contribution >= 0.6 is 15.9 Å². The predicted octanol–water partition coefficient (Wildman–Crippen LogP) is 3.44. The summed E-state index contributed by atoms with van der Waals surface area (Å²) in [4.78, 5) is 35.7. The lowest BCUT2D eigenvalue weighted by atomic mass is 10.1. The summed E-state index contributed by atoms with van der Waals surface area (Å²) in [5.41, 5.74) is 1.41. The molecule has 0 aliphatic rings. The minimum atomic E-state index is -0.542. The van der Waals surface area contributed by atoms with E-state index in [1.54, 1.807) is 18.2 Å². The van der Waals surface area contributed by atoms with Gasteiger partial charge < -0.3 is 15.4 Å². The maximum atomic E-state index is 12.0. The predicted molar refractivity (Wildman–Crippen MR) is 114 cm³/mol. The molecule has 0 unspecified atom stereocenters. The van der Waals surface area contributed by atoms with Gasteiger partial charge in [-0.2, -0.15) is 0 Å². The first-order valence-corrected chi connectivity index (χ1v) is 9.75. The first kappa shape index (κ1) is 20.5. The molecule has 0 saturated heterocycles. The number of hydrogen-bond donors (Lipinski definition) is 2. The molecule has 0 aliphatic carbocycles. The lowest BCUT2D eigenvalue weighted by molar-refractivity contribution is -0.147. The number of fused-ring (bicyclic) bond motifs is 1. The molecule has 29 heavy (non-hydrogen) atoms. The molecular formula is C22H19BrN2O4. The molecule has 7 heteroatoms. The van der Waals surface area contributed by atoms with Crippen LogP contribution in [0.2, 0.25) is 0 Å². The minimum absolute atomic E-state index is 0.0701. The Morgan fingerprint density at radius 1 is 0.862 bits per heavy atom. The topological polar surface area (TPSA) is 84.5 Å². The molecule has 0 bridgehead atoms. The van der Waals surface area contributed by atoms with Crippen LogP contribution in [-0.2, 0) is 25.5 Å². The zero-order valence-electron chi connectivity index (χ0n) is 15.5. The number of halogens is 1. The molecule has 0 saturated carbocycles. The SMILES string of the molecule is O=C(COC(=O)Cc1ccc2ccccc2c1)NCC(=O)Nc1ccccc1Br. The van der Waals surface area contributed by atoms with Gasteiger partial charge in [0.1, 0.15) is 0 Å². The summed E-state index contributed by atoms with van der Waals surface area (Å²) < 4.78 is 5.74. The maximum absolute atomic E-state index is 12.0. The lowest BCUT2D eigenvalue weighted by Gasteiger charge is -2.09. The highest BCUT2D eigenvalue weighted by Gasteiger charge is 2.11. The molecule has 3 aromatic rings. The Morgan fingerprint density at radius 3 is 2.38 bits per heavy atom. The number of nitrogens with one attached hydrogen (secondary N) is 2. The summed E-state index contributed by atoms with van der Waals surface area (Å²) in [6, 6.07) is 20.7. The first-order valence-electron chi connectivity index (χ1n) is 8.95. The van der Waals surface area contributed by atoms with E-state index in [4.69, 9.17) is 4.74 Å². The third-order valence-corrected chi connectivity index (χ3v) is 4.81. The Kier molecular flexibility index (Phi) is 6.97. The second-order valence-corrected chi connectivity index (χ2v) is 7.18. The first-order chi connectivity index (χ1) is 14.0. The molecule has 0 heterocycles. The molecule has 3 rings (SSSR count). The van der Waals surface area contributed by atoms with Crippen molar-refractivity contribution in [1.29, 1.82) is 0 Å². The van der Waals surface area contributed by atoms with E-state index < -0.39 is 18.5 Å². The smallest absolute Gasteiger partial charge is 0.310 e. The molecule has 0 aliphatic heterocycles. The summed E-state index contributed by atoms with van der Waals surface area (Å²) in [6.07, 6.45) is 0.0701. The molecule has 0 fully saturated rings. The highest BCUT2D eigenvalue weighted by Crippen LogP contribution is 2.20. The minimum Gasteiger partial charge on any atom is -0.455 e. The van der Waals surface area contributed by atoms with Gasteiger partial charge in [0.25, 0.3) is 5.91 Å².